The monoisotopic (exact) mass is 292 g/mol. The fourth-order valence-electron chi connectivity index (χ4n) is 1.62. The maximum Gasteiger partial charge on any atom is 0.129 e. The summed E-state index contributed by atoms with van der Waals surface area (Å²) in [4.78, 5) is 0. The summed E-state index contributed by atoms with van der Waals surface area (Å²) >= 11 is 0. The third-order valence-electron chi connectivity index (χ3n) is 2.56. The third-order valence-corrected chi connectivity index (χ3v) is 2.56. The van der Waals surface area contributed by atoms with Crippen molar-refractivity contribution in [2.75, 3.05) is 11.9 Å². The Kier molecular flexibility index (Phi) is 5.86. The lowest BCUT2D eigenvalue weighted by Gasteiger charge is -2.20. The van der Waals surface area contributed by atoms with Crippen LogP contribution in [0.25, 0.3) is 0 Å². The lowest BCUT2D eigenvalue weighted by Crippen LogP contribution is -2.39. The van der Waals surface area contributed by atoms with E-state index in [1.807, 2.05) is 68.4 Å². The Morgan fingerprint density at radius 2 is 1.65 bits per heavy atom. The molecule has 2 rings (SSSR count). The van der Waals surface area contributed by atoms with Crippen molar-refractivity contribution in [3.8, 4) is 11.5 Å². The standard InChI is InChI=1S/C16H20N2O.ClH/c1-16(2,17)12-18-13-7-6-10-15(11-13)19-14-8-4-3-5-9-14;/h3-11,18H,12,17H2,1-2H3;1H. The molecule has 0 heterocycles. The number of hydrogen-bond donors (Lipinski definition) is 2. The van der Waals surface area contributed by atoms with Crippen LogP contribution in [-0.2, 0) is 0 Å². The van der Waals surface area contributed by atoms with E-state index in [1.54, 1.807) is 0 Å². The van der Waals surface area contributed by atoms with Gasteiger partial charge in [0.15, 0.2) is 0 Å². The van der Waals surface area contributed by atoms with Gasteiger partial charge in [-0.2, -0.15) is 0 Å². The molecule has 0 aromatic heterocycles. The molecule has 0 saturated carbocycles. The zero-order valence-electron chi connectivity index (χ0n) is 11.8. The highest BCUT2D eigenvalue weighted by molar-refractivity contribution is 5.85. The van der Waals surface area contributed by atoms with Crippen molar-refractivity contribution in [2.45, 2.75) is 19.4 Å². The van der Waals surface area contributed by atoms with Gasteiger partial charge in [-0.1, -0.05) is 24.3 Å². The molecule has 108 valence electrons. The largest absolute Gasteiger partial charge is 0.457 e. The topological polar surface area (TPSA) is 47.3 Å². The molecule has 2 aromatic carbocycles. The van der Waals surface area contributed by atoms with Gasteiger partial charge in [0, 0.05) is 23.8 Å². The van der Waals surface area contributed by atoms with Gasteiger partial charge in [-0.05, 0) is 38.1 Å². The van der Waals surface area contributed by atoms with E-state index in [-0.39, 0.29) is 17.9 Å². The molecule has 3 N–H and O–H groups in total. The molecule has 20 heavy (non-hydrogen) atoms. The highest BCUT2D eigenvalue weighted by Crippen LogP contribution is 2.23. The summed E-state index contributed by atoms with van der Waals surface area (Å²) in [6, 6.07) is 17.6. The van der Waals surface area contributed by atoms with Crippen molar-refractivity contribution >= 4 is 18.1 Å². The zero-order chi connectivity index (χ0) is 13.7. The van der Waals surface area contributed by atoms with Crippen LogP contribution in [0.2, 0.25) is 0 Å². The summed E-state index contributed by atoms with van der Waals surface area (Å²) in [5.74, 6) is 1.64. The smallest absolute Gasteiger partial charge is 0.129 e. The summed E-state index contributed by atoms with van der Waals surface area (Å²) in [5, 5.41) is 3.31. The third kappa shape index (κ3) is 5.51. The highest BCUT2D eigenvalue weighted by Gasteiger charge is 2.09. The lowest BCUT2D eigenvalue weighted by atomic mass is 10.1. The first-order valence-corrected chi connectivity index (χ1v) is 6.39. The minimum atomic E-state index is -0.240. The minimum absolute atomic E-state index is 0. The number of para-hydroxylation sites is 1. The number of nitrogens with one attached hydrogen (secondary N) is 1. The molecule has 3 nitrogen and oxygen atoms in total. The van der Waals surface area contributed by atoms with Crippen LogP contribution in [0.3, 0.4) is 0 Å². The maximum atomic E-state index is 5.95. The van der Waals surface area contributed by atoms with Crippen LogP contribution >= 0.6 is 12.4 Å². The number of rotatable bonds is 5. The predicted molar refractivity (Wildman–Crippen MR) is 87.0 cm³/mol. The maximum absolute atomic E-state index is 5.95. The summed E-state index contributed by atoms with van der Waals surface area (Å²) in [7, 11) is 0. The average Bonchev–Trinajstić information content (AvgIpc) is 2.37. The Balaban J connectivity index is 0.00000200. The van der Waals surface area contributed by atoms with Gasteiger partial charge >= 0.3 is 0 Å². The molecular weight excluding hydrogens is 272 g/mol. The fraction of sp³-hybridized carbons (Fsp3) is 0.250. The van der Waals surface area contributed by atoms with Crippen LogP contribution < -0.4 is 15.8 Å². The molecule has 0 saturated heterocycles. The van der Waals surface area contributed by atoms with E-state index >= 15 is 0 Å². The van der Waals surface area contributed by atoms with Crippen molar-refractivity contribution in [2.24, 2.45) is 5.73 Å². The van der Waals surface area contributed by atoms with Gasteiger partial charge in [-0.3, -0.25) is 0 Å². The number of hydrogen-bond acceptors (Lipinski definition) is 3. The fourth-order valence-corrected chi connectivity index (χ4v) is 1.62. The summed E-state index contributed by atoms with van der Waals surface area (Å²) in [6.07, 6.45) is 0. The van der Waals surface area contributed by atoms with E-state index in [0.717, 1.165) is 17.2 Å². The second-order valence-corrected chi connectivity index (χ2v) is 5.29. The van der Waals surface area contributed by atoms with Crippen LogP contribution in [0.1, 0.15) is 13.8 Å². The van der Waals surface area contributed by atoms with E-state index < -0.39 is 0 Å². The molecule has 0 aliphatic carbocycles. The molecule has 0 aliphatic heterocycles. The summed E-state index contributed by atoms with van der Waals surface area (Å²) < 4.78 is 5.78. The van der Waals surface area contributed by atoms with E-state index in [1.165, 1.54) is 0 Å². The van der Waals surface area contributed by atoms with E-state index in [9.17, 15) is 0 Å². The highest BCUT2D eigenvalue weighted by atomic mass is 35.5. The molecule has 0 aliphatic rings. The molecule has 0 bridgehead atoms. The van der Waals surface area contributed by atoms with Crippen LogP contribution in [0.5, 0.6) is 11.5 Å². The van der Waals surface area contributed by atoms with E-state index in [0.29, 0.717) is 6.54 Å². The normalized spacial score (nSPS) is 10.6. The molecule has 0 amide bonds. The molecule has 0 radical (unpaired) electrons. The van der Waals surface area contributed by atoms with Crippen molar-refractivity contribution in [1.29, 1.82) is 0 Å². The van der Waals surface area contributed by atoms with Gasteiger partial charge in [-0.25, -0.2) is 0 Å². The Hall–Kier alpha value is -1.71. The van der Waals surface area contributed by atoms with Gasteiger partial charge in [-0.15, -0.1) is 12.4 Å². The first-order chi connectivity index (χ1) is 9.03. The minimum Gasteiger partial charge on any atom is -0.457 e. The zero-order valence-corrected chi connectivity index (χ0v) is 12.6. The van der Waals surface area contributed by atoms with Gasteiger partial charge in [0.05, 0.1) is 0 Å². The first-order valence-electron chi connectivity index (χ1n) is 6.39. The first kappa shape index (κ1) is 16.3. The van der Waals surface area contributed by atoms with Crippen LogP contribution in [0, 0.1) is 0 Å². The van der Waals surface area contributed by atoms with Crippen molar-refractivity contribution < 1.29 is 4.74 Å². The van der Waals surface area contributed by atoms with Crippen LogP contribution in [0.4, 0.5) is 5.69 Å². The van der Waals surface area contributed by atoms with E-state index in [2.05, 4.69) is 5.32 Å². The molecular formula is C16H21ClN2O. The molecule has 0 fully saturated rings. The van der Waals surface area contributed by atoms with Gasteiger partial charge < -0.3 is 15.8 Å². The summed E-state index contributed by atoms with van der Waals surface area (Å²) in [5.41, 5.74) is 6.72. The predicted octanol–water partition coefficient (Wildman–Crippen LogP) is 4.05. The Labute approximate surface area is 126 Å². The lowest BCUT2D eigenvalue weighted by molar-refractivity contribution is 0.482. The van der Waals surface area contributed by atoms with Crippen LogP contribution in [0.15, 0.2) is 54.6 Å². The van der Waals surface area contributed by atoms with Crippen molar-refractivity contribution in [1.82, 2.24) is 0 Å². The average molecular weight is 293 g/mol. The quantitative estimate of drug-likeness (QED) is 0.874. The van der Waals surface area contributed by atoms with Gasteiger partial charge in [0.1, 0.15) is 11.5 Å². The van der Waals surface area contributed by atoms with Gasteiger partial charge in [0.25, 0.3) is 0 Å². The van der Waals surface area contributed by atoms with E-state index in [4.69, 9.17) is 10.5 Å². The molecule has 2 aromatic rings. The molecule has 0 atom stereocenters. The second-order valence-electron chi connectivity index (χ2n) is 5.29. The summed E-state index contributed by atoms with van der Waals surface area (Å²) in [6.45, 7) is 4.69. The number of benzene rings is 2. The number of nitrogens with two attached hydrogens (primary N) is 1. The number of halogens is 1. The molecule has 0 spiro atoms. The van der Waals surface area contributed by atoms with Gasteiger partial charge in [0.2, 0.25) is 0 Å². The molecule has 4 heteroatoms. The molecule has 0 unspecified atom stereocenters. The van der Waals surface area contributed by atoms with Crippen molar-refractivity contribution in [3.05, 3.63) is 54.6 Å². The number of ether oxygens (including phenoxy) is 1. The Morgan fingerprint density at radius 1 is 1.00 bits per heavy atom. The number of anilines is 1. The van der Waals surface area contributed by atoms with Crippen LogP contribution in [-0.4, -0.2) is 12.1 Å². The Bertz CT molecular complexity index is 524. The SMILES string of the molecule is CC(C)(N)CNc1cccc(Oc2ccccc2)c1.Cl. The van der Waals surface area contributed by atoms with Crippen molar-refractivity contribution in [3.63, 3.8) is 0 Å². The second kappa shape index (κ2) is 7.17. The Morgan fingerprint density at radius 3 is 2.30 bits per heavy atom.